The predicted molar refractivity (Wildman–Crippen MR) is 111 cm³/mol. The minimum atomic E-state index is -0.542. The van der Waals surface area contributed by atoms with Crippen LogP contribution in [0.2, 0.25) is 0 Å². The fourth-order valence-corrected chi connectivity index (χ4v) is 3.18. The first kappa shape index (κ1) is 18.7. The van der Waals surface area contributed by atoms with E-state index in [2.05, 4.69) is 29.6 Å². The van der Waals surface area contributed by atoms with Gasteiger partial charge in [0.2, 0.25) is 0 Å². The van der Waals surface area contributed by atoms with E-state index in [1.165, 1.54) is 0 Å². The van der Waals surface area contributed by atoms with Gasteiger partial charge in [-0.05, 0) is 49.2 Å². The molecule has 2 N–H and O–H groups in total. The van der Waals surface area contributed by atoms with Crippen LogP contribution in [-0.4, -0.2) is 27.7 Å². The van der Waals surface area contributed by atoms with E-state index in [9.17, 15) is 9.59 Å². The molecule has 0 spiro atoms. The number of para-hydroxylation sites is 1. The van der Waals surface area contributed by atoms with Crippen molar-refractivity contribution in [2.75, 3.05) is 10.6 Å². The molecule has 7 heteroatoms. The number of hydrogen-bond acceptors (Lipinski definition) is 4. The minimum absolute atomic E-state index is 0.197. The van der Waals surface area contributed by atoms with Crippen LogP contribution < -0.4 is 15.4 Å². The summed E-state index contributed by atoms with van der Waals surface area (Å²) >= 11 is 0. The van der Waals surface area contributed by atoms with Gasteiger partial charge in [0.1, 0.15) is 5.75 Å². The maximum Gasteiger partial charge on any atom is 0.276 e. The highest BCUT2D eigenvalue weighted by atomic mass is 16.5. The number of nitrogens with zero attached hydrogens (tertiary/aromatic N) is 2. The van der Waals surface area contributed by atoms with Crippen LogP contribution in [0.15, 0.2) is 54.6 Å². The van der Waals surface area contributed by atoms with Crippen LogP contribution in [0.25, 0.3) is 5.69 Å². The molecule has 148 valence electrons. The van der Waals surface area contributed by atoms with Crippen LogP contribution in [0.5, 0.6) is 5.75 Å². The number of ether oxygens (including phenoxy) is 1. The Morgan fingerprint density at radius 3 is 2.66 bits per heavy atom. The molecule has 29 heavy (non-hydrogen) atoms. The zero-order valence-corrected chi connectivity index (χ0v) is 16.5. The second-order valence-corrected chi connectivity index (χ2v) is 7.27. The van der Waals surface area contributed by atoms with Crippen molar-refractivity contribution >= 4 is 23.2 Å². The summed E-state index contributed by atoms with van der Waals surface area (Å²) in [5, 5.41) is 10.1. The van der Waals surface area contributed by atoms with Gasteiger partial charge in [0.25, 0.3) is 11.8 Å². The van der Waals surface area contributed by atoms with Crippen molar-refractivity contribution in [1.82, 2.24) is 9.78 Å². The fraction of sp³-hybridized carbons (Fsp3) is 0.227. The molecule has 0 saturated carbocycles. The molecule has 4 rings (SSSR count). The summed E-state index contributed by atoms with van der Waals surface area (Å²) in [7, 11) is 0. The summed E-state index contributed by atoms with van der Waals surface area (Å²) < 4.78 is 7.34. The topological polar surface area (TPSA) is 85.2 Å². The smallest absolute Gasteiger partial charge is 0.276 e. The standard InChI is InChI=1S/C22H22N4O3/c1-13(2)19-12-18(25-26(19)16-7-5-4-6-8-16)22(28)23-15-9-10-20-17(11-15)24-21(27)14(3)29-20/h4-14H,1-3H3,(H,23,28)(H,24,27). The summed E-state index contributed by atoms with van der Waals surface area (Å²) in [6.45, 7) is 5.81. The lowest BCUT2D eigenvalue weighted by Crippen LogP contribution is -2.34. The molecule has 3 aromatic rings. The van der Waals surface area contributed by atoms with Crippen LogP contribution in [-0.2, 0) is 4.79 Å². The van der Waals surface area contributed by atoms with Crippen molar-refractivity contribution in [3.63, 3.8) is 0 Å². The van der Waals surface area contributed by atoms with Crippen molar-refractivity contribution in [1.29, 1.82) is 0 Å². The Morgan fingerprint density at radius 1 is 1.17 bits per heavy atom. The van der Waals surface area contributed by atoms with Crippen LogP contribution in [0, 0.1) is 0 Å². The number of carbonyl (C=O) groups is 2. The molecule has 2 heterocycles. The first-order valence-corrected chi connectivity index (χ1v) is 9.50. The summed E-state index contributed by atoms with van der Waals surface area (Å²) in [6.07, 6.45) is -0.542. The molecule has 2 amide bonds. The third kappa shape index (κ3) is 3.71. The predicted octanol–water partition coefficient (Wildman–Crippen LogP) is 3.97. The summed E-state index contributed by atoms with van der Waals surface area (Å²) in [4.78, 5) is 24.6. The first-order chi connectivity index (χ1) is 13.9. The molecular weight excluding hydrogens is 368 g/mol. The van der Waals surface area contributed by atoms with Gasteiger partial charge in [-0.25, -0.2) is 4.68 Å². The van der Waals surface area contributed by atoms with E-state index in [0.717, 1.165) is 11.4 Å². The molecular formula is C22H22N4O3. The van der Waals surface area contributed by atoms with Crippen LogP contribution >= 0.6 is 0 Å². The maximum atomic E-state index is 12.8. The van der Waals surface area contributed by atoms with E-state index in [1.54, 1.807) is 35.9 Å². The normalized spacial score (nSPS) is 15.4. The first-order valence-electron chi connectivity index (χ1n) is 9.50. The number of nitrogens with one attached hydrogen (secondary N) is 2. The number of fused-ring (bicyclic) bond motifs is 1. The van der Waals surface area contributed by atoms with Gasteiger partial charge < -0.3 is 15.4 Å². The van der Waals surface area contributed by atoms with E-state index in [0.29, 0.717) is 22.8 Å². The molecule has 0 saturated heterocycles. The Balaban J connectivity index is 1.60. The minimum Gasteiger partial charge on any atom is -0.479 e. The van der Waals surface area contributed by atoms with E-state index in [-0.39, 0.29) is 17.7 Å². The monoisotopic (exact) mass is 390 g/mol. The molecule has 1 unspecified atom stereocenters. The Kier molecular flexibility index (Phi) is 4.80. The summed E-state index contributed by atoms with van der Waals surface area (Å²) in [5.41, 5.74) is 3.25. The molecule has 1 atom stereocenters. The van der Waals surface area contributed by atoms with E-state index >= 15 is 0 Å². The quantitative estimate of drug-likeness (QED) is 0.706. The molecule has 0 bridgehead atoms. The number of amides is 2. The van der Waals surface area contributed by atoms with Gasteiger partial charge >= 0.3 is 0 Å². The van der Waals surface area contributed by atoms with E-state index < -0.39 is 6.10 Å². The average Bonchev–Trinajstić information content (AvgIpc) is 3.16. The second kappa shape index (κ2) is 7.43. The number of carbonyl (C=O) groups excluding carboxylic acids is 2. The van der Waals surface area contributed by atoms with Crippen LogP contribution in [0.3, 0.4) is 0 Å². The molecule has 0 fully saturated rings. The lowest BCUT2D eigenvalue weighted by molar-refractivity contribution is -0.122. The van der Waals surface area contributed by atoms with Gasteiger partial charge in [-0.1, -0.05) is 32.0 Å². The molecule has 1 aromatic heterocycles. The average molecular weight is 390 g/mol. The highest BCUT2D eigenvalue weighted by Crippen LogP contribution is 2.32. The van der Waals surface area contributed by atoms with Gasteiger partial charge in [-0.15, -0.1) is 0 Å². The zero-order valence-electron chi connectivity index (χ0n) is 16.5. The Bertz CT molecular complexity index is 1070. The third-order valence-corrected chi connectivity index (χ3v) is 4.73. The molecule has 2 aromatic carbocycles. The summed E-state index contributed by atoms with van der Waals surface area (Å²) in [5.74, 6) is 0.231. The number of aromatic nitrogens is 2. The molecule has 0 aliphatic carbocycles. The summed E-state index contributed by atoms with van der Waals surface area (Å²) in [6, 6.07) is 16.7. The number of benzene rings is 2. The lowest BCUT2D eigenvalue weighted by Gasteiger charge is -2.23. The van der Waals surface area contributed by atoms with Crippen LogP contribution in [0.1, 0.15) is 42.9 Å². The fourth-order valence-electron chi connectivity index (χ4n) is 3.18. The SMILES string of the molecule is CC1Oc2ccc(NC(=O)c3cc(C(C)C)n(-c4ccccc4)n3)cc2NC1=O. The van der Waals surface area contributed by atoms with Crippen molar-refractivity contribution in [3.8, 4) is 11.4 Å². The van der Waals surface area contributed by atoms with Gasteiger partial charge in [0.05, 0.1) is 11.4 Å². The number of anilines is 2. The van der Waals surface area contributed by atoms with Gasteiger partial charge in [0.15, 0.2) is 11.8 Å². The Morgan fingerprint density at radius 2 is 1.93 bits per heavy atom. The molecule has 1 aliphatic heterocycles. The van der Waals surface area contributed by atoms with Crippen molar-refractivity contribution in [2.24, 2.45) is 0 Å². The highest BCUT2D eigenvalue weighted by molar-refractivity contribution is 6.04. The second-order valence-electron chi connectivity index (χ2n) is 7.27. The zero-order chi connectivity index (χ0) is 20.5. The van der Waals surface area contributed by atoms with Crippen molar-refractivity contribution < 1.29 is 14.3 Å². The Labute approximate surface area is 168 Å². The number of hydrogen-bond donors (Lipinski definition) is 2. The van der Waals surface area contributed by atoms with Crippen molar-refractivity contribution in [3.05, 3.63) is 66.0 Å². The van der Waals surface area contributed by atoms with E-state index in [1.807, 2.05) is 30.3 Å². The van der Waals surface area contributed by atoms with Gasteiger partial charge in [0, 0.05) is 11.4 Å². The number of rotatable bonds is 4. The highest BCUT2D eigenvalue weighted by Gasteiger charge is 2.24. The molecule has 0 radical (unpaired) electrons. The lowest BCUT2D eigenvalue weighted by atomic mass is 10.1. The van der Waals surface area contributed by atoms with Gasteiger partial charge in [-0.2, -0.15) is 5.10 Å². The Hall–Kier alpha value is -3.61. The van der Waals surface area contributed by atoms with Gasteiger partial charge in [-0.3, -0.25) is 9.59 Å². The van der Waals surface area contributed by atoms with E-state index in [4.69, 9.17) is 4.74 Å². The van der Waals surface area contributed by atoms with Crippen LogP contribution in [0.4, 0.5) is 11.4 Å². The third-order valence-electron chi connectivity index (χ3n) is 4.73. The maximum absolute atomic E-state index is 12.8. The molecule has 1 aliphatic rings. The van der Waals surface area contributed by atoms with Crippen molar-refractivity contribution in [2.45, 2.75) is 32.8 Å². The largest absolute Gasteiger partial charge is 0.479 e. The molecule has 7 nitrogen and oxygen atoms in total.